The number of rotatable bonds is 2. The van der Waals surface area contributed by atoms with E-state index in [-0.39, 0.29) is 17.8 Å². The van der Waals surface area contributed by atoms with Gasteiger partial charge < -0.3 is 0 Å². The molecule has 0 aliphatic rings. The number of benzene rings is 1. The first kappa shape index (κ1) is 13.4. The number of hydrogen-bond acceptors (Lipinski definition) is 2. The number of aliphatic imine (C=N–C) groups is 1. The van der Waals surface area contributed by atoms with E-state index in [4.69, 9.17) is 11.6 Å². The summed E-state index contributed by atoms with van der Waals surface area (Å²) in [7, 11) is -9.69. The molecule has 1 rings (SSSR count). The number of hydrogen-bond donors (Lipinski definition) is 0. The largest absolute Gasteiger partial charge is 0.310 e. The lowest BCUT2D eigenvalue weighted by Crippen LogP contribution is -2.05. The van der Waals surface area contributed by atoms with Gasteiger partial charge in [-0.1, -0.05) is 31.0 Å². The van der Waals surface area contributed by atoms with E-state index in [0.29, 0.717) is 6.07 Å². The van der Waals surface area contributed by atoms with Crippen LogP contribution in [0.3, 0.4) is 0 Å². The van der Waals surface area contributed by atoms with E-state index in [0.717, 1.165) is 0 Å². The highest BCUT2D eigenvalue weighted by Gasteiger charge is 2.65. The van der Waals surface area contributed by atoms with Gasteiger partial charge in [0.2, 0.25) is 0 Å². The molecule has 0 radical (unpaired) electrons. The summed E-state index contributed by atoms with van der Waals surface area (Å²) in [5, 5.41) is 1.30. The topological polar surface area (TPSA) is 12.4 Å². The Morgan fingerprint density at radius 1 is 1.19 bits per heavy atom. The molecule has 1 aromatic rings. The lowest BCUT2D eigenvalue weighted by atomic mass is 10.3. The summed E-state index contributed by atoms with van der Waals surface area (Å²) in [6.45, 7) is 0. The molecule has 0 saturated carbocycles. The van der Waals surface area contributed by atoms with Crippen molar-refractivity contribution in [2.45, 2.75) is 4.90 Å². The summed E-state index contributed by atoms with van der Waals surface area (Å²) in [5.41, 5.74) is -0.151. The van der Waals surface area contributed by atoms with Crippen LogP contribution in [0.15, 0.2) is 28.1 Å². The molecule has 0 fully saturated rings. The van der Waals surface area contributed by atoms with Crippen LogP contribution >= 0.6 is 34.0 Å². The van der Waals surface area contributed by atoms with Crippen LogP contribution in [0.5, 0.6) is 0 Å². The van der Waals surface area contributed by atoms with Crippen molar-refractivity contribution in [3.63, 3.8) is 0 Å². The molecule has 0 aliphatic heterocycles. The highest BCUT2D eigenvalue weighted by molar-refractivity contribution is 8.45. The Labute approximate surface area is 97.7 Å². The van der Waals surface area contributed by atoms with Gasteiger partial charge in [0.05, 0.1) is 15.9 Å². The van der Waals surface area contributed by atoms with Crippen LogP contribution in [0, 0.1) is 0 Å². The third-order valence-corrected chi connectivity index (χ3v) is 3.07. The Balaban J connectivity index is 3.45. The molecule has 0 amide bonds. The van der Waals surface area contributed by atoms with E-state index in [9.17, 15) is 19.4 Å². The average Bonchev–Trinajstić information content (AvgIpc) is 2.04. The fourth-order valence-corrected chi connectivity index (χ4v) is 1.92. The van der Waals surface area contributed by atoms with Crippen LogP contribution in [0.2, 0.25) is 5.02 Å². The highest BCUT2D eigenvalue weighted by atomic mass is 35.5. The fourth-order valence-electron chi connectivity index (χ4n) is 0.867. The van der Waals surface area contributed by atoms with Crippen molar-refractivity contribution < 1.29 is 19.4 Å². The molecule has 9 heteroatoms. The lowest BCUT2D eigenvalue weighted by molar-refractivity contribution is 0.364. The number of thiocarbonyl (C=S) groups is 1. The molecule has 0 aliphatic carbocycles. The predicted octanol–water partition coefficient (Wildman–Crippen LogP) is 5.73. The minimum absolute atomic E-state index is 0.120. The van der Waals surface area contributed by atoms with Gasteiger partial charge in [-0.15, -0.1) is 0 Å². The van der Waals surface area contributed by atoms with Crippen LogP contribution < -0.4 is 0 Å². The smallest absolute Gasteiger partial charge is 0.193 e. The van der Waals surface area contributed by atoms with Crippen LogP contribution in [-0.4, -0.2) is 5.16 Å². The Bertz CT molecular complexity index is 491. The summed E-state index contributed by atoms with van der Waals surface area (Å²) in [4.78, 5) is 1.25. The molecular weight excluding hydrogens is 293 g/mol. The molecule has 1 aromatic carbocycles. The SMILES string of the molecule is FS(F)(F)(F)(F)c1ccc(N=C=S)c(Cl)c1. The van der Waals surface area contributed by atoms with Crippen molar-refractivity contribution in [2.75, 3.05) is 0 Å². The van der Waals surface area contributed by atoms with Gasteiger partial charge in [0, 0.05) is 0 Å². The maximum Gasteiger partial charge on any atom is 0.310 e. The zero-order chi connectivity index (χ0) is 12.7. The first-order valence-electron chi connectivity index (χ1n) is 3.55. The minimum Gasteiger partial charge on any atom is -0.193 e. The zero-order valence-electron chi connectivity index (χ0n) is 7.26. The van der Waals surface area contributed by atoms with Crippen LogP contribution in [0.4, 0.5) is 25.1 Å². The van der Waals surface area contributed by atoms with E-state index in [1.165, 1.54) is 0 Å². The molecule has 16 heavy (non-hydrogen) atoms. The average molecular weight is 296 g/mol. The maximum absolute atomic E-state index is 12.3. The first-order valence-corrected chi connectivity index (χ1v) is 6.29. The van der Waals surface area contributed by atoms with Gasteiger partial charge in [-0.05, 0) is 30.4 Å². The molecule has 0 aromatic heterocycles. The van der Waals surface area contributed by atoms with Crippen molar-refractivity contribution >= 4 is 44.9 Å². The van der Waals surface area contributed by atoms with Crippen molar-refractivity contribution in [2.24, 2.45) is 4.99 Å². The third kappa shape index (κ3) is 3.15. The summed E-state index contributed by atoms with van der Waals surface area (Å²) < 4.78 is 61.6. The Morgan fingerprint density at radius 2 is 1.75 bits per heavy atom. The Morgan fingerprint density at radius 3 is 2.12 bits per heavy atom. The van der Waals surface area contributed by atoms with Gasteiger partial charge in [0.25, 0.3) is 0 Å². The number of nitrogens with zero attached hydrogens (tertiary/aromatic N) is 1. The van der Waals surface area contributed by atoms with E-state index >= 15 is 0 Å². The quantitative estimate of drug-likeness (QED) is 0.385. The molecule has 0 spiro atoms. The van der Waals surface area contributed by atoms with Crippen molar-refractivity contribution in [1.29, 1.82) is 0 Å². The van der Waals surface area contributed by atoms with Crippen LogP contribution in [0.1, 0.15) is 0 Å². The summed E-state index contributed by atoms with van der Waals surface area (Å²) in [6, 6.07) is 1.03. The number of isothiocyanates is 1. The minimum atomic E-state index is -9.69. The second kappa shape index (κ2) is 3.16. The molecule has 0 heterocycles. The summed E-state index contributed by atoms with van der Waals surface area (Å²) >= 11 is 9.55. The van der Waals surface area contributed by atoms with Crippen molar-refractivity contribution in [3.8, 4) is 0 Å². The van der Waals surface area contributed by atoms with Crippen molar-refractivity contribution in [3.05, 3.63) is 23.2 Å². The monoisotopic (exact) mass is 295 g/mol. The predicted molar refractivity (Wildman–Crippen MR) is 57.5 cm³/mol. The molecule has 0 saturated heterocycles. The van der Waals surface area contributed by atoms with Crippen LogP contribution in [-0.2, 0) is 0 Å². The summed E-state index contributed by atoms with van der Waals surface area (Å²) in [6.07, 6.45) is 0. The summed E-state index contributed by atoms with van der Waals surface area (Å²) in [5.74, 6) is 0. The Hall–Kier alpha value is -0.690. The van der Waals surface area contributed by atoms with Gasteiger partial charge in [-0.3, -0.25) is 0 Å². The molecule has 0 N–H and O–H groups in total. The normalized spacial score (nSPS) is 15.9. The van der Waals surface area contributed by atoms with Gasteiger partial charge >= 0.3 is 10.2 Å². The van der Waals surface area contributed by atoms with Gasteiger partial charge in [0.15, 0.2) is 0 Å². The molecule has 0 atom stereocenters. The van der Waals surface area contributed by atoms with E-state index in [1.54, 1.807) is 0 Å². The standard InChI is InChI=1S/C7H3ClF5NS2/c8-6-3-5(16(9,10,11,12)13)1-2-7(6)14-4-15/h1-3H. The van der Waals surface area contributed by atoms with Gasteiger partial charge in [-0.2, -0.15) is 4.99 Å². The van der Waals surface area contributed by atoms with E-state index in [1.807, 2.05) is 5.16 Å². The second-order valence-electron chi connectivity index (χ2n) is 2.79. The Kier molecular flexibility index (Phi) is 2.64. The van der Waals surface area contributed by atoms with Gasteiger partial charge in [0.1, 0.15) is 4.90 Å². The first-order chi connectivity index (χ1) is 6.94. The molecular formula is C7H3ClF5NS2. The lowest BCUT2D eigenvalue weighted by Gasteiger charge is -2.40. The van der Waals surface area contributed by atoms with Gasteiger partial charge in [-0.25, -0.2) is 0 Å². The fraction of sp³-hybridized carbons (Fsp3) is 0. The third-order valence-electron chi connectivity index (χ3n) is 1.53. The molecule has 0 unspecified atom stereocenters. The van der Waals surface area contributed by atoms with Crippen LogP contribution in [0.25, 0.3) is 0 Å². The molecule has 90 valence electrons. The number of halogens is 6. The van der Waals surface area contributed by atoms with E-state index in [2.05, 4.69) is 17.2 Å². The highest BCUT2D eigenvalue weighted by Crippen LogP contribution is 3.02. The molecule has 0 bridgehead atoms. The zero-order valence-corrected chi connectivity index (χ0v) is 9.65. The second-order valence-corrected chi connectivity index (χ2v) is 5.78. The molecule has 1 nitrogen and oxygen atoms in total. The van der Waals surface area contributed by atoms with E-state index < -0.39 is 20.1 Å². The maximum atomic E-state index is 12.3. The van der Waals surface area contributed by atoms with Crippen molar-refractivity contribution in [1.82, 2.24) is 0 Å².